The number of likely N-dealkylation sites (N-methyl/N-ethyl adjacent to an activating group) is 1. The fourth-order valence-electron chi connectivity index (χ4n) is 1.67. The van der Waals surface area contributed by atoms with Crippen molar-refractivity contribution < 1.29 is 4.79 Å². The van der Waals surface area contributed by atoms with Crippen LogP contribution in [0.1, 0.15) is 30.7 Å². The molecular formula is C12H18N2OS. The Kier molecular flexibility index (Phi) is 3.61. The molecule has 3 nitrogen and oxygen atoms in total. The van der Waals surface area contributed by atoms with Gasteiger partial charge in [0.1, 0.15) is 0 Å². The zero-order chi connectivity index (χ0) is 11.5. The van der Waals surface area contributed by atoms with E-state index in [4.69, 9.17) is 0 Å². The Labute approximate surface area is 100 Å². The van der Waals surface area contributed by atoms with Crippen LogP contribution in [0.15, 0.2) is 17.5 Å². The lowest BCUT2D eigenvalue weighted by Gasteiger charge is -2.18. The second kappa shape index (κ2) is 4.97. The molecule has 0 saturated heterocycles. The summed E-state index contributed by atoms with van der Waals surface area (Å²) in [5, 5.41) is 5.33. The molecule has 1 aliphatic carbocycles. The van der Waals surface area contributed by atoms with Crippen LogP contribution >= 0.6 is 11.3 Å². The number of thiophene rings is 1. The molecule has 1 aromatic rings. The number of nitrogens with zero attached hydrogens (tertiary/aromatic N) is 1. The highest BCUT2D eigenvalue weighted by Crippen LogP contribution is 2.25. The number of amides is 1. The van der Waals surface area contributed by atoms with Gasteiger partial charge < -0.3 is 10.2 Å². The van der Waals surface area contributed by atoms with Crippen molar-refractivity contribution in [1.29, 1.82) is 0 Å². The highest BCUT2D eigenvalue weighted by Gasteiger charge is 2.29. The van der Waals surface area contributed by atoms with Gasteiger partial charge in [-0.2, -0.15) is 0 Å². The van der Waals surface area contributed by atoms with E-state index < -0.39 is 0 Å². The molecule has 2 rings (SSSR count). The zero-order valence-electron chi connectivity index (χ0n) is 9.77. The second-order valence-corrected chi connectivity index (χ2v) is 5.33. The number of carbonyl (C=O) groups excluding carboxylic acids is 1. The number of hydrogen-bond donors (Lipinski definition) is 1. The van der Waals surface area contributed by atoms with E-state index in [1.54, 1.807) is 11.3 Å². The first kappa shape index (κ1) is 11.6. The molecule has 1 N–H and O–H groups in total. The minimum Gasteiger partial charge on any atom is -0.342 e. The molecule has 0 radical (unpaired) electrons. The zero-order valence-corrected chi connectivity index (χ0v) is 10.6. The molecule has 1 atom stereocenters. The summed E-state index contributed by atoms with van der Waals surface area (Å²) in [6.07, 6.45) is 2.34. The molecule has 1 fully saturated rings. The standard InChI is InChI=1S/C12H18N2OS/c1-9(11-4-3-7-16-11)13-8-12(15)14(2)10-5-6-10/h3-4,7,9-10,13H,5-6,8H2,1-2H3/t9-/m0/s1. The number of nitrogens with one attached hydrogen (secondary N) is 1. The van der Waals surface area contributed by atoms with Crippen molar-refractivity contribution in [3.05, 3.63) is 22.4 Å². The topological polar surface area (TPSA) is 32.3 Å². The van der Waals surface area contributed by atoms with Crippen LogP contribution in [0.4, 0.5) is 0 Å². The van der Waals surface area contributed by atoms with Gasteiger partial charge >= 0.3 is 0 Å². The van der Waals surface area contributed by atoms with Gasteiger partial charge in [-0.15, -0.1) is 11.3 Å². The van der Waals surface area contributed by atoms with E-state index in [0.717, 1.165) is 0 Å². The Morgan fingerprint density at radius 3 is 3.00 bits per heavy atom. The normalized spacial score (nSPS) is 17.1. The smallest absolute Gasteiger partial charge is 0.236 e. The van der Waals surface area contributed by atoms with Crippen molar-refractivity contribution >= 4 is 17.2 Å². The Balaban J connectivity index is 1.76. The van der Waals surface area contributed by atoms with Gasteiger partial charge in [0, 0.05) is 24.0 Å². The molecule has 88 valence electrons. The van der Waals surface area contributed by atoms with E-state index in [-0.39, 0.29) is 11.9 Å². The van der Waals surface area contributed by atoms with E-state index in [0.29, 0.717) is 12.6 Å². The molecular weight excluding hydrogens is 220 g/mol. The van der Waals surface area contributed by atoms with Gasteiger partial charge in [0.05, 0.1) is 6.54 Å². The second-order valence-electron chi connectivity index (χ2n) is 4.35. The first-order valence-corrected chi connectivity index (χ1v) is 6.59. The SMILES string of the molecule is C[C@H](NCC(=O)N(C)C1CC1)c1cccs1. The molecule has 0 aliphatic heterocycles. The van der Waals surface area contributed by atoms with Crippen molar-refractivity contribution in [2.75, 3.05) is 13.6 Å². The molecule has 0 aromatic carbocycles. The quantitative estimate of drug-likeness (QED) is 0.851. The van der Waals surface area contributed by atoms with Crippen LogP contribution in [0.25, 0.3) is 0 Å². The summed E-state index contributed by atoms with van der Waals surface area (Å²) in [5.74, 6) is 0.200. The van der Waals surface area contributed by atoms with E-state index in [1.165, 1.54) is 17.7 Å². The van der Waals surface area contributed by atoms with Crippen LogP contribution < -0.4 is 5.32 Å². The number of carbonyl (C=O) groups is 1. The lowest BCUT2D eigenvalue weighted by Crippen LogP contribution is -2.37. The van der Waals surface area contributed by atoms with Gasteiger partial charge in [-0.05, 0) is 31.2 Å². The molecule has 0 spiro atoms. The Morgan fingerprint density at radius 2 is 2.44 bits per heavy atom. The van der Waals surface area contributed by atoms with Crippen molar-refractivity contribution in [2.45, 2.75) is 31.8 Å². The molecule has 4 heteroatoms. The van der Waals surface area contributed by atoms with Gasteiger partial charge in [0.2, 0.25) is 5.91 Å². The highest BCUT2D eigenvalue weighted by molar-refractivity contribution is 7.10. The Bertz CT molecular complexity index is 346. The molecule has 1 amide bonds. The maximum atomic E-state index is 11.8. The van der Waals surface area contributed by atoms with Gasteiger partial charge in [-0.3, -0.25) is 4.79 Å². The summed E-state index contributed by atoms with van der Waals surface area (Å²) in [7, 11) is 1.90. The predicted molar refractivity (Wildman–Crippen MR) is 66.5 cm³/mol. The van der Waals surface area contributed by atoms with E-state index in [1.807, 2.05) is 18.0 Å². The van der Waals surface area contributed by atoms with Gasteiger partial charge in [0.15, 0.2) is 0 Å². The molecule has 0 bridgehead atoms. The average Bonchev–Trinajstić information content (AvgIpc) is 2.99. The van der Waals surface area contributed by atoms with Crippen molar-refractivity contribution in [2.24, 2.45) is 0 Å². The maximum absolute atomic E-state index is 11.8. The van der Waals surface area contributed by atoms with Crippen LogP contribution in [-0.2, 0) is 4.79 Å². The lowest BCUT2D eigenvalue weighted by molar-refractivity contribution is -0.129. The monoisotopic (exact) mass is 238 g/mol. The number of hydrogen-bond acceptors (Lipinski definition) is 3. The predicted octanol–water partition coefficient (Wildman–Crippen LogP) is 2.02. The summed E-state index contributed by atoms with van der Waals surface area (Å²) in [5.41, 5.74) is 0. The van der Waals surface area contributed by atoms with Gasteiger partial charge in [-0.25, -0.2) is 0 Å². The fourth-order valence-corrected chi connectivity index (χ4v) is 2.43. The Hall–Kier alpha value is -0.870. The Morgan fingerprint density at radius 1 is 1.69 bits per heavy atom. The third-order valence-corrected chi connectivity index (χ3v) is 4.07. The number of rotatable bonds is 5. The minimum atomic E-state index is 0.200. The van der Waals surface area contributed by atoms with Gasteiger partial charge in [0.25, 0.3) is 0 Å². The molecule has 16 heavy (non-hydrogen) atoms. The van der Waals surface area contributed by atoms with Crippen molar-refractivity contribution in [3.63, 3.8) is 0 Å². The van der Waals surface area contributed by atoms with Crippen LogP contribution in [0.5, 0.6) is 0 Å². The first-order chi connectivity index (χ1) is 7.68. The minimum absolute atomic E-state index is 0.200. The van der Waals surface area contributed by atoms with E-state index in [2.05, 4.69) is 23.7 Å². The van der Waals surface area contributed by atoms with Crippen LogP contribution in [0, 0.1) is 0 Å². The summed E-state index contributed by atoms with van der Waals surface area (Å²) in [6.45, 7) is 2.53. The average molecular weight is 238 g/mol. The largest absolute Gasteiger partial charge is 0.342 e. The summed E-state index contributed by atoms with van der Waals surface area (Å²) in [6, 6.07) is 4.90. The van der Waals surface area contributed by atoms with Crippen LogP contribution in [0.3, 0.4) is 0 Å². The summed E-state index contributed by atoms with van der Waals surface area (Å²) < 4.78 is 0. The van der Waals surface area contributed by atoms with Crippen LogP contribution in [0.2, 0.25) is 0 Å². The molecule has 0 unspecified atom stereocenters. The van der Waals surface area contributed by atoms with Crippen molar-refractivity contribution in [1.82, 2.24) is 10.2 Å². The van der Waals surface area contributed by atoms with E-state index in [9.17, 15) is 4.79 Å². The molecule has 1 aromatic heterocycles. The summed E-state index contributed by atoms with van der Waals surface area (Å²) in [4.78, 5) is 14.9. The third kappa shape index (κ3) is 2.83. The lowest BCUT2D eigenvalue weighted by atomic mass is 10.3. The molecule has 1 saturated carbocycles. The third-order valence-electron chi connectivity index (χ3n) is 3.02. The maximum Gasteiger partial charge on any atom is 0.236 e. The van der Waals surface area contributed by atoms with Crippen LogP contribution in [-0.4, -0.2) is 30.4 Å². The first-order valence-electron chi connectivity index (χ1n) is 5.71. The van der Waals surface area contributed by atoms with E-state index >= 15 is 0 Å². The van der Waals surface area contributed by atoms with Gasteiger partial charge in [-0.1, -0.05) is 6.07 Å². The highest BCUT2D eigenvalue weighted by atomic mass is 32.1. The fraction of sp³-hybridized carbons (Fsp3) is 0.583. The summed E-state index contributed by atoms with van der Waals surface area (Å²) >= 11 is 1.72. The molecule has 1 heterocycles. The molecule has 1 aliphatic rings. The van der Waals surface area contributed by atoms with Crippen molar-refractivity contribution in [3.8, 4) is 0 Å².